The number of nitrogens with zero attached hydrogens (tertiary/aromatic N) is 1. The molecule has 0 aromatic heterocycles. The van der Waals surface area contributed by atoms with Crippen LogP contribution in [0.1, 0.15) is 20.3 Å². The van der Waals surface area contributed by atoms with Gasteiger partial charge in [-0.1, -0.05) is 0 Å². The Morgan fingerprint density at radius 1 is 1.38 bits per heavy atom. The summed E-state index contributed by atoms with van der Waals surface area (Å²) in [4.78, 5) is 2.27. The van der Waals surface area contributed by atoms with Crippen molar-refractivity contribution in [2.45, 2.75) is 25.8 Å². The third-order valence-corrected chi connectivity index (χ3v) is 1.67. The first-order valence-corrected chi connectivity index (χ1v) is 3.14. The summed E-state index contributed by atoms with van der Waals surface area (Å²) in [5.41, 5.74) is -0.0712. The van der Waals surface area contributed by atoms with Gasteiger partial charge >= 0.3 is 0 Å². The summed E-state index contributed by atoms with van der Waals surface area (Å²) in [6, 6.07) is 0. The molecule has 0 saturated carbocycles. The lowest BCUT2D eigenvalue weighted by molar-refractivity contribution is 0.0871. The summed E-state index contributed by atoms with van der Waals surface area (Å²) in [5.74, 6) is 0. The Bertz CT molecular complexity index is 76.9. The molecule has 1 aliphatic rings. The van der Waals surface area contributed by atoms with Gasteiger partial charge in [0.2, 0.25) is 0 Å². The fourth-order valence-electron chi connectivity index (χ4n) is 0.893. The van der Waals surface area contributed by atoms with Gasteiger partial charge in [0.1, 0.15) is 0 Å². The average Bonchev–Trinajstić information content (AvgIpc) is 1.16. The van der Waals surface area contributed by atoms with Crippen LogP contribution in [-0.4, -0.2) is 23.5 Å². The Kier molecular flexibility index (Phi) is 1.31. The van der Waals surface area contributed by atoms with E-state index >= 15 is 0 Å². The second-order valence-corrected chi connectivity index (χ2v) is 2.99. The highest BCUT2D eigenvalue weighted by molar-refractivity contribution is 4.88. The van der Waals surface area contributed by atoms with Gasteiger partial charge in [0.05, 0.1) is 0 Å². The van der Waals surface area contributed by atoms with Crippen LogP contribution in [0.5, 0.6) is 0 Å². The minimum Gasteiger partial charge on any atom is -0.298 e. The van der Waals surface area contributed by atoms with Gasteiger partial charge in [0, 0.05) is 5.54 Å². The van der Waals surface area contributed by atoms with Crippen LogP contribution >= 0.6 is 0 Å². The molecule has 0 N–H and O–H groups in total. The highest BCUT2D eigenvalue weighted by Crippen LogP contribution is 2.19. The van der Waals surface area contributed by atoms with Crippen molar-refractivity contribution in [3.63, 3.8) is 0 Å². The van der Waals surface area contributed by atoms with Gasteiger partial charge in [-0.3, -0.25) is 4.90 Å². The maximum Gasteiger partial charge on any atom is 0.0188 e. The zero-order valence-corrected chi connectivity index (χ0v) is 5.65. The molecule has 0 bridgehead atoms. The lowest BCUT2D eigenvalue weighted by atomic mass is 10.0. The molecule has 2 radical (unpaired) electrons. The molecule has 1 heteroatoms. The first-order valence-electron chi connectivity index (χ1n) is 3.14. The second kappa shape index (κ2) is 1.73. The molecule has 46 valence electrons. The fraction of sp³-hybridized carbons (Fsp3) is 0.857. The van der Waals surface area contributed by atoms with E-state index in [1.807, 2.05) is 13.8 Å². The largest absolute Gasteiger partial charge is 0.298 e. The molecule has 1 heterocycles. The molecular formula is C7H13N. The molecule has 0 atom stereocenters. The number of hydrogen-bond acceptors (Lipinski definition) is 1. The molecule has 1 aliphatic heterocycles. The molecule has 1 rings (SSSR count). The minimum atomic E-state index is -0.0712. The maximum absolute atomic E-state index is 5.77. The number of hydrogen-bond donors (Lipinski definition) is 0. The first-order chi connectivity index (χ1) is 3.61. The van der Waals surface area contributed by atoms with Gasteiger partial charge in [-0.15, -0.1) is 0 Å². The zero-order chi connectivity index (χ0) is 6.20. The molecule has 1 nitrogen and oxygen atoms in total. The second-order valence-electron chi connectivity index (χ2n) is 2.99. The van der Waals surface area contributed by atoms with Crippen molar-refractivity contribution in [3.05, 3.63) is 6.92 Å². The van der Waals surface area contributed by atoms with Crippen LogP contribution in [0.4, 0.5) is 0 Å². The molecule has 0 unspecified atom stereocenters. The third-order valence-electron chi connectivity index (χ3n) is 1.67. The third kappa shape index (κ3) is 1.03. The molecule has 8 heavy (non-hydrogen) atoms. The van der Waals surface area contributed by atoms with Crippen LogP contribution in [-0.2, 0) is 0 Å². The monoisotopic (exact) mass is 111 g/mol. The Morgan fingerprint density at radius 3 is 1.88 bits per heavy atom. The predicted molar refractivity (Wildman–Crippen MR) is 34.6 cm³/mol. The smallest absolute Gasteiger partial charge is 0.0188 e. The Hall–Kier alpha value is -0.0400. The standard InChI is InChI=1S/C7H13N/c1-7(2,3)8-5-4-6-8/h1H,4-6H2,2-3H3. The van der Waals surface area contributed by atoms with E-state index in [9.17, 15) is 0 Å². The molecular weight excluding hydrogens is 98.1 g/mol. The van der Waals surface area contributed by atoms with Gasteiger partial charge in [-0.2, -0.15) is 0 Å². The first kappa shape index (κ1) is 6.09. The van der Waals surface area contributed by atoms with Crippen molar-refractivity contribution in [2.75, 3.05) is 13.1 Å². The quantitative estimate of drug-likeness (QED) is 0.491. The molecule has 0 aliphatic carbocycles. The Balaban J connectivity index is 2.34. The van der Waals surface area contributed by atoms with E-state index in [0.29, 0.717) is 0 Å². The zero-order valence-electron chi connectivity index (χ0n) is 5.65. The molecule has 0 aromatic carbocycles. The highest BCUT2D eigenvalue weighted by Gasteiger charge is 2.25. The lowest BCUT2D eigenvalue weighted by Crippen LogP contribution is -2.49. The van der Waals surface area contributed by atoms with E-state index in [4.69, 9.17) is 6.92 Å². The molecule has 0 amide bonds. The van der Waals surface area contributed by atoms with Crippen molar-refractivity contribution in [3.8, 4) is 0 Å². The van der Waals surface area contributed by atoms with E-state index in [1.54, 1.807) is 0 Å². The highest BCUT2D eigenvalue weighted by atomic mass is 15.2. The normalized spacial score (nSPS) is 22.9. The summed E-state index contributed by atoms with van der Waals surface area (Å²) in [6.07, 6.45) is 1.32. The van der Waals surface area contributed by atoms with Gasteiger partial charge in [-0.05, 0) is 40.3 Å². The van der Waals surface area contributed by atoms with Crippen LogP contribution < -0.4 is 0 Å². The van der Waals surface area contributed by atoms with Crippen molar-refractivity contribution in [1.29, 1.82) is 0 Å². The minimum absolute atomic E-state index is 0.0712. The van der Waals surface area contributed by atoms with Crippen molar-refractivity contribution in [1.82, 2.24) is 4.90 Å². The van der Waals surface area contributed by atoms with Crippen LogP contribution in [0.25, 0.3) is 0 Å². The number of likely N-dealkylation sites (tertiary alicyclic amines) is 1. The van der Waals surface area contributed by atoms with Gasteiger partial charge in [-0.25, -0.2) is 0 Å². The van der Waals surface area contributed by atoms with Gasteiger partial charge in [0.15, 0.2) is 0 Å². The van der Waals surface area contributed by atoms with Crippen molar-refractivity contribution < 1.29 is 0 Å². The molecule has 1 fully saturated rings. The summed E-state index contributed by atoms with van der Waals surface area (Å²) in [6.45, 7) is 12.2. The van der Waals surface area contributed by atoms with Gasteiger partial charge < -0.3 is 0 Å². The van der Waals surface area contributed by atoms with E-state index in [-0.39, 0.29) is 5.54 Å². The van der Waals surface area contributed by atoms with E-state index < -0.39 is 0 Å². The summed E-state index contributed by atoms with van der Waals surface area (Å²) in [5, 5.41) is 0. The summed E-state index contributed by atoms with van der Waals surface area (Å²) in [7, 11) is 0. The topological polar surface area (TPSA) is 3.24 Å². The van der Waals surface area contributed by atoms with E-state index in [0.717, 1.165) is 0 Å². The maximum atomic E-state index is 5.77. The Morgan fingerprint density at radius 2 is 1.88 bits per heavy atom. The fourth-order valence-corrected chi connectivity index (χ4v) is 0.893. The predicted octanol–water partition coefficient (Wildman–Crippen LogP) is 1.18. The van der Waals surface area contributed by atoms with Gasteiger partial charge in [0.25, 0.3) is 0 Å². The van der Waals surface area contributed by atoms with Crippen molar-refractivity contribution >= 4 is 0 Å². The average molecular weight is 111 g/mol. The SMILES string of the molecule is [CH]C(C)(C)N1CCC1. The van der Waals surface area contributed by atoms with E-state index in [1.165, 1.54) is 19.5 Å². The van der Waals surface area contributed by atoms with E-state index in [2.05, 4.69) is 4.90 Å². The number of rotatable bonds is 1. The van der Waals surface area contributed by atoms with Crippen LogP contribution in [0.15, 0.2) is 0 Å². The van der Waals surface area contributed by atoms with Crippen LogP contribution in [0.2, 0.25) is 0 Å². The van der Waals surface area contributed by atoms with Crippen LogP contribution in [0.3, 0.4) is 0 Å². The van der Waals surface area contributed by atoms with Crippen LogP contribution in [0, 0.1) is 6.92 Å². The molecule has 0 aromatic rings. The molecule has 1 saturated heterocycles. The molecule has 0 spiro atoms. The summed E-state index contributed by atoms with van der Waals surface area (Å²) >= 11 is 0. The summed E-state index contributed by atoms with van der Waals surface area (Å²) < 4.78 is 0. The lowest BCUT2D eigenvalue weighted by Gasteiger charge is -2.41. The Labute approximate surface area is 51.7 Å². The van der Waals surface area contributed by atoms with Crippen molar-refractivity contribution in [2.24, 2.45) is 0 Å².